The van der Waals surface area contributed by atoms with Gasteiger partial charge in [-0.25, -0.2) is 0 Å². The number of ether oxygens (including phenoxy) is 1. The Morgan fingerprint density at radius 2 is 1.93 bits per heavy atom. The predicted octanol–water partition coefficient (Wildman–Crippen LogP) is 1.73. The first-order valence-corrected chi connectivity index (χ1v) is 6.23. The third-order valence-electron chi connectivity index (χ3n) is 2.60. The summed E-state index contributed by atoms with van der Waals surface area (Å²) in [5.74, 6) is 0. The molecule has 0 bridgehead atoms. The Kier molecular flexibility index (Phi) is 10.3. The molecule has 0 radical (unpaired) electrons. The molecule has 92 valence electrons. The van der Waals surface area contributed by atoms with Gasteiger partial charge in [0.2, 0.25) is 0 Å². The molecule has 3 heteroatoms. The summed E-state index contributed by atoms with van der Waals surface area (Å²) in [7, 11) is 1.78. The van der Waals surface area contributed by atoms with Gasteiger partial charge in [-0.05, 0) is 32.5 Å². The first-order valence-electron chi connectivity index (χ1n) is 6.23. The van der Waals surface area contributed by atoms with Crippen LogP contribution in [-0.2, 0) is 4.74 Å². The summed E-state index contributed by atoms with van der Waals surface area (Å²) in [4.78, 5) is 2.49. The molecular formula is C12H28N2O. The van der Waals surface area contributed by atoms with E-state index in [1.807, 2.05) is 0 Å². The predicted molar refractivity (Wildman–Crippen MR) is 66.4 cm³/mol. The second kappa shape index (κ2) is 10.4. The lowest BCUT2D eigenvalue weighted by molar-refractivity contribution is 0.0924. The number of methoxy groups -OCH3 is 1. The number of rotatable bonds is 10. The SMILES string of the molecule is CCCNCC(COC)N(CC)CCC. The lowest BCUT2D eigenvalue weighted by atomic mass is 10.2. The minimum atomic E-state index is 0.520. The largest absolute Gasteiger partial charge is 0.383 e. The summed E-state index contributed by atoms with van der Waals surface area (Å²) in [6.07, 6.45) is 2.40. The number of hydrogen-bond acceptors (Lipinski definition) is 3. The highest BCUT2D eigenvalue weighted by atomic mass is 16.5. The first kappa shape index (κ1) is 14.9. The van der Waals surface area contributed by atoms with Crippen molar-refractivity contribution in [3.63, 3.8) is 0 Å². The van der Waals surface area contributed by atoms with E-state index in [-0.39, 0.29) is 0 Å². The van der Waals surface area contributed by atoms with E-state index < -0.39 is 0 Å². The quantitative estimate of drug-likeness (QED) is 0.563. The topological polar surface area (TPSA) is 24.5 Å². The molecule has 0 rings (SSSR count). The van der Waals surface area contributed by atoms with E-state index in [0.29, 0.717) is 6.04 Å². The Hall–Kier alpha value is -0.120. The Bertz CT molecular complexity index is 131. The van der Waals surface area contributed by atoms with Gasteiger partial charge in [0, 0.05) is 19.7 Å². The molecule has 0 aromatic rings. The van der Waals surface area contributed by atoms with Crippen molar-refractivity contribution in [3.05, 3.63) is 0 Å². The van der Waals surface area contributed by atoms with Crippen LogP contribution in [0.25, 0.3) is 0 Å². The zero-order chi connectivity index (χ0) is 11.5. The molecule has 15 heavy (non-hydrogen) atoms. The highest BCUT2D eigenvalue weighted by Crippen LogP contribution is 2.00. The van der Waals surface area contributed by atoms with Crippen LogP contribution in [0.3, 0.4) is 0 Å². The highest BCUT2D eigenvalue weighted by molar-refractivity contribution is 4.72. The van der Waals surface area contributed by atoms with Crippen molar-refractivity contribution in [2.24, 2.45) is 0 Å². The fourth-order valence-electron chi connectivity index (χ4n) is 1.82. The summed E-state index contributed by atoms with van der Waals surface area (Å²) >= 11 is 0. The van der Waals surface area contributed by atoms with Crippen LogP contribution in [0.2, 0.25) is 0 Å². The molecule has 1 unspecified atom stereocenters. The normalized spacial score (nSPS) is 13.4. The molecule has 3 nitrogen and oxygen atoms in total. The fourth-order valence-corrected chi connectivity index (χ4v) is 1.82. The van der Waals surface area contributed by atoms with Crippen molar-refractivity contribution in [2.45, 2.75) is 39.7 Å². The van der Waals surface area contributed by atoms with Crippen molar-refractivity contribution in [1.29, 1.82) is 0 Å². The smallest absolute Gasteiger partial charge is 0.0630 e. The number of hydrogen-bond donors (Lipinski definition) is 1. The Morgan fingerprint density at radius 3 is 2.40 bits per heavy atom. The zero-order valence-electron chi connectivity index (χ0n) is 10.9. The maximum Gasteiger partial charge on any atom is 0.0630 e. The molecule has 0 saturated carbocycles. The van der Waals surface area contributed by atoms with Gasteiger partial charge in [-0.15, -0.1) is 0 Å². The van der Waals surface area contributed by atoms with Crippen LogP contribution in [0.15, 0.2) is 0 Å². The van der Waals surface area contributed by atoms with E-state index in [1.54, 1.807) is 7.11 Å². The second-order valence-corrected chi connectivity index (χ2v) is 3.94. The van der Waals surface area contributed by atoms with Gasteiger partial charge in [-0.3, -0.25) is 4.90 Å². The monoisotopic (exact) mass is 216 g/mol. The number of nitrogens with one attached hydrogen (secondary N) is 1. The summed E-state index contributed by atoms with van der Waals surface area (Å²) < 4.78 is 5.28. The van der Waals surface area contributed by atoms with Crippen molar-refractivity contribution in [2.75, 3.05) is 39.9 Å². The van der Waals surface area contributed by atoms with Gasteiger partial charge in [0.05, 0.1) is 6.61 Å². The average Bonchev–Trinajstić information content (AvgIpc) is 2.25. The van der Waals surface area contributed by atoms with Crippen LogP contribution in [0.1, 0.15) is 33.6 Å². The molecule has 0 fully saturated rings. The van der Waals surface area contributed by atoms with Crippen molar-refractivity contribution < 1.29 is 4.74 Å². The van der Waals surface area contributed by atoms with Crippen LogP contribution in [-0.4, -0.2) is 50.8 Å². The third kappa shape index (κ3) is 6.88. The lowest BCUT2D eigenvalue weighted by Crippen LogP contribution is -2.45. The third-order valence-corrected chi connectivity index (χ3v) is 2.60. The van der Waals surface area contributed by atoms with E-state index in [9.17, 15) is 0 Å². The van der Waals surface area contributed by atoms with E-state index in [1.165, 1.54) is 19.4 Å². The molecule has 0 saturated heterocycles. The summed E-state index contributed by atoms with van der Waals surface area (Å²) in [6.45, 7) is 11.9. The second-order valence-electron chi connectivity index (χ2n) is 3.94. The van der Waals surface area contributed by atoms with Crippen LogP contribution in [0.4, 0.5) is 0 Å². The molecule has 0 aliphatic rings. The van der Waals surface area contributed by atoms with Gasteiger partial charge in [0.1, 0.15) is 0 Å². The zero-order valence-corrected chi connectivity index (χ0v) is 10.9. The van der Waals surface area contributed by atoms with Crippen molar-refractivity contribution in [1.82, 2.24) is 10.2 Å². The molecule has 0 amide bonds. The lowest BCUT2D eigenvalue weighted by Gasteiger charge is -2.30. The minimum Gasteiger partial charge on any atom is -0.383 e. The van der Waals surface area contributed by atoms with E-state index >= 15 is 0 Å². The molecule has 1 atom stereocenters. The maximum atomic E-state index is 5.28. The first-order chi connectivity index (χ1) is 7.29. The van der Waals surface area contributed by atoms with Gasteiger partial charge < -0.3 is 10.1 Å². The Morgan fingerprint density at radius 1 is 1.20 bits per heavy atom. The molecule has 0 aromatic heterocycles. The molecule has 0 aromatic carbocycles. The molecule has 1 N–H and O–H groups in total. The Balaban J connectivity index is 3.95. The summed E-state index contributed by atoms with van der Waals surface area (Å²) in [5.41, 5.74) is 0. The average molecular weight is 216 g/mol. The minimum absolute atomic E-state index is 0.520. The molecule has 0 aliphatic carbocycles. The van der Waals surface area contributed by atoms with Crippen LogP contribution in [0.5, 0.6) is 0 Å². The molecule has 0 aliphatic heterocycles. The Labute approximate surface area is 95.2 Å². The van der Waals surface area contributed by atoms with Gasteiger partial charge in [-0.2, -0.15) is 0 Å². The van der Waals surface area contributed by atoms with E-state index in [4.69, 9.17) is 4.74 Å². The fraction of sp³-hybridized carbons (Fsp3) is 1.00. The van der Waals surface area contributed by atoms with E-state index in [0.717, 1.165) is 26.2 Å². The maximum absolute atomic E-state index is 5.28. The van der Waals surface area contributed by atoms with Crippen LogP contribution < -0.4 is 5.32 Å². The van der Waals surface area contributed by atoms with Crippen molar-refractivity contribution in [3.8, 4) is 0 Å². The van der Waals surface area contributed by atoms with E-state index in [2.05, 4.69) is 31.0 Å². The van der Waals surface area contributed by atoms with Gasteiger partial charge in [-0.1, -0.05) is 20.8 Å². The van der Waals surface area contributed by atoms with Gasteiger partial charge in [0.25, 0.3) is 0 Å². The van der Waals surface area contributed by atoms with Crippen LogP contribution >= 0.6 is 0 Å². The van der Waals surface area contributed by atoms with Crippen molar-refractivity contribution >= 4 is 0 Å². The number of nitrogens with zero attached hydrogens (tertiary/aromatic N) is 1. The number of likely N-dealkylation sites (N-methyl/N-ethyl adjacent to an activating group) is 1. The highest BCUT2D eigenvalue weighted by Gasteiger charge is 2.15. The van der Waals surface area contributed by atoms with Crippen LogP contribution in [0, 0.1) is 0 Å². The summed E-state index contributed by atoms with van der Waals surface area (Å²) in [6, 6.07) is 0.520. The van der Waals surface area contributed by atoms with Gasteiger partial charge in [0.15, 0.2) is 0 Å². The van der Waals surface area contributed by atoms with Gasteiger partial charge >= 0.3 is 0 Å². The standard InChI is InChI=1S/C12H28N2O/c1-5-8-13-10-12(11-15-4)14(7-3)9-6-2/h12-13H,5-11H2,1-4H3. The summed E-state index contributed by atoms with van der Waals surface area (Å²) in [5, 5.41) is 3.47. The molecular weight excluding hydrogens is 188 g/mol. The molecule has 0 heterocycles. The molecule has 0 spiro atoms.